The Morgan fingerprint density at radius 3 is 2.36 bits per heavy atom. The monoisotopic (exact) mass is 438 g/mol. The summed E-state index contributed by atoms with van der Waals surface area (Å²) in [5.74, 6) is -0.249. The number of hydrogen-bond donors (Lipinski definition) is 1. The number of benzene rings is 3. The molecule has 33 heavy (non-hydrogen) atoms. The van der Waals surface area contributed by atoms with Gasteiger partial charge in [0.15, 0.2) is 0 Å². The van der Waals surface area contributed by atoms with Crippen LogP contribution in [-0.2, 0) is 11.3 Å². The van der Waals surface area contributed by atoms with Crippen LogP contribution in [0.25, 0.3) is 17.2 Å². The molecule has 3 aromatic carbocycles. The normalized spacial score (nSPS) is 14.6. The van der Waals surface area contributed by atoms with Crippen molar-refractivity contribution in [2.24, 2.45) is 4.99 Å². The highest BCUT2D eigenvalue weighted by atomic mass is 16.4. The molecule has 0 unspecified atom stereocenters. The Labute approximate surface area is 193 Å². The number of carbonyl (C=O) groups excluding carboxylic acids is 1. The van der Waals surface area contributed by atoms with Crippen molar-refractivity contribution in [1.82, 2.24) is 4.90 Å². The second-order valence-electron chi connectivity index (χ2n) is 8.01. The highest BCUT2D eigenvalue weighted by Crippen LogP contribution is 2.26. The van der Waals surface area contributed by atoms with Gasteiger partial charge in [0.25, 0.3) is 5.91 Å². The summed E-state index contributed by atoms with van der Waals surface area (Å²) >= 11 is 0. The fourth-order valence-corrected chi connectivity index (χ4v) is 3.89. The molecule has 3 aromatic rings. The maximum Gasteiger partial charge on any atom is 0.336 e. The number of aromatic carboxylic acids is 1. The van der Waals surface area contributed by atoms with Crippen LogP contribution in [0.3, 0.4) is 0 Å². The zero-order valence-corrected chi connectivity index (χ0v) is 18.6. The summed E-state index contributed by atoms with van der Waals surface area (Å²) in [6, 6.07) is 24.4. The topological polar surface area (TPSA) is 70.0 Å². The Bertz CT molecular complexity index is 1210. The molecule has 5 heteroatoms. The van der Waals surface area contributed by atoms with Gasteiger partial charge < -0.3 is 5.11 Å². The lowest BCUT2D eigenvalue weighted by Gasteiger charge is -2.18. The van der Waals surface area contributed by atoms with Crippen molar-refractivity contribution in [3.8, 4) is 11.1 Å². The van der Waals surface area contributed by atoms with Gasteiger partial charge in [-0.2, -0.15) is 0 Å². The third-order valence-electron chi connectivity index (χ3n) is 5.65. The Balaban J connectivity index is 1.57. The molecule has 0 aliphatic carbocycles. The van der Waals surface area contributed by atoms with Crippen LogP contribution in [0, 0.1) is 0 Å². The predicted molar refractivity (Wildman–Crippen MR) is 131 cm³/mol. The van der Waals surface area contributed by atoms with Gasteiger partial charge in [0.05, 0.1) is 12.1 Å². The van der Waals surface area contributed by atoms with Gasteiger partial charge in [0.2, 0.25) is 0 Å². The summed E-state index contributed by atoms with van der Waals surface area (Å²) in [7, 11) is 0. The first-order valence-corrected chi connectivity index (χ1v) is 11.1. The second-order valence-corrected chi connectivity index (χ2v) is 8.01. The van der Waals surface area contributed by atoms with Crippen molar-refractivity contribution in [1.29, 1.82) is 0 Å². The Morgan fingerprint density at radius 1 is 0.970 bits per heavy atom. The molecule has 5 nitrogen and oxygen atoms in total. The smallest absolute Gasteiger partial charge is 0.336 e. The van der Waals surface area contributed by atoms with Gasteiger partial charge in [0, 0.05) is 6.42 Å². The standard InChI is InChI=1S/C28H26N2O3/c1-2-3-13-26-29-25(18-20-9-5-4-6-10-20)27(31)30(26)19-21-14-16-22(17-15-21)23-11-7-8-12-24(23)28(32)33/h4-12,14-18H,2-3,13,19H2,1H3,(H,32,33). The molecule has 1 amide bonds. The van der Waals surface area contributed by atoms with Gasteiger partial charge in [-0.15, -0.1) is 0 Å². The minimum atomic E-state index is -0.952. The van der Waals surface area contributed by atoms with E-state index in [4.69, 9.17) is 0 Å². The fraction of sp³-hybridized carbons (Fsp3) is 0.179. The number of carboxylic acid groups (broad SMARTS) is 1. The van der Waals surface area contributed by atoms with Crippen molar-refractivity contribution in [3.05, 3.63) is 101 Å². The van der Waals surface area contributed by atoms with Gasteiger partial charge in [-0.1, -0.05) is 86.1 Å². The van der Waals surface area contributed by atoms with Gasteiger partial charge >= 0.3 is 5.97 Å². The van der Waals surface area contributed by atoms with Crippen LogP contribution < -0.4 is 0 Å². The predicted octanol–water partition coefficient (Wildman–Crippen LogP) is 6.02. The molecule has 166 valence electrons. The average molecular weight is 439 g/mol. The van der Waals surface area contributed by atoms with Crippen LogP contribution >= 0.6 is 0 Å². The number of amides is 1. The van der Waals surface area contributed by atoms with Crippen molar-refractivity contribution >= 4 is 23.8 Å². The number of rotatable bonds is 8. The third-order valence-corrected chi connectivity index (χ3v) is 5.65. The summed E-state index contributed by atoms with van der Waals surface area (Å²) in [6.45, 7) is 2.55. The van der Waals surface area contributed by atoms with Crippen molar-refractivity contribution in [3.63, 3.8) is 0 Å². The number of amidine groups is 1. The van der Waals surface area contributed by atoms with E-state index in [1.165, 1.54) is 0 Å². The number of nitrogens with zero attached hydrogens (tertiary/aromatic N) is 2. The maximum absolute atomic E-state index is 13.2. The van der Waals surface area contributed by atoms with Crippen molar-refractivity contribution < 1.29 is 14.7 Å². The maximum atomic E-state index is 13.2. The molecule has 1 aliphatic heterocycles. The molecular formula is C28H26N2O3. The molecule has 4 rings (SSSR count). The van der Waals surface area contributed by atoms with Crippen LogP contribution in [0.15, 0.2) is 89.6 Å². The van der Waals surface area contributed by atoms with Crippen LogP contribution in [0.1, 0.15) is 47.7 Å². The van der Waals surface area contributed by atoms with E-state index in [0.717, 1.165) is 41.8 Å². The van der Waals surface area contributed by atoms with Crippen LogP contribution in [0.2, 0.25) is 0 Å². The van der Waals surface area contributed by atoms with E-state index in [0.29, 0.717) is 17.8 Å². The molecule has 0 atom stereocenters. The second kappa shape index (κ2) is 10.1. The lowest BCUT2D eigenvalue weighted by atomic mass is 9.98. The van der Waals surface area contributed by atoms with Crippen LogP contribution in [0.4, 0.5) is 0 Å². The molecule has 0 fully saturated rings. The van der Waals surface area contributed by atoms with E-state index in [-0.39, 0.29) is 11.5 Å². The van der Waals surface area contributed by atoms with Gasteiger partial charge in [-0.05, 0) is 40.8 Å². The highest BCUT2D eigenvalue weighted by Gasteiger charge is 2.29. The first-order valence-electron chi connectivity index (χ1n) is 11.1. The van der Waals surface area contributed by atoms with Crippen molar-refractivity contribution in [2.75, 3.05) is 0 Å². The minimum absolute atomic E-state index is 0.0924. The molecule has 0 saturated carbocycles. The average Bonchev–Trinajstić information content (AvgIpc) is 3.13. The number of carboxylic acids is 1. The van der Waals surface area contributed by atoms with E-state index in [1.54, 1.807) is 23.1 Å². The number of aliphatic imine (C=N–C) groups is 1. The molecule has 0 spiro atoms. The highest BCUT2D eigenvalue weighted by molar-refractivity contribution is 6.14. The molecule has 0 aromatic heterocycles. The third kappa shape index (κ3) is 5.09. The van der Waals surface area contributed by atoms with Gasteiger partial charge in [0.1, 0.15) is 11.5 Å². The quantitative estimate of drug-likeness (QED) is 0.437. The Hall–Kier alpha value is -3.99. The minimum Gasteiger partial charge on any atom is -0.478 e. The Morgan fingerprint density at radius 2 is 1.67 bits per heavy atom. The molecular weight excluding hydrogens is 412 g/mol. The molecule has 0 bridgehead atoms. The zero-order chi connectivity index (χ0) is 23.2. The zero-order valence-electron chi connectivity index (χ0n) is 18.6. The number of carbonyl (C=O) groups is 2. The first kappa shape index (κ1) is 22.2. The van der Waals surface area contributed by atoms with E-state index in [9.17, 15) is 14.7 Å². The first-order chi connectivity index (χ1) is 16.1. The molecule has 1 N–H and O–H groups in total. The van der Waals surface area contributed by atoms with E-state index >= 15 is 0 Å². The lowest BCUT2D eigenvalue weighted by Crippen LogP contribution is -2.31. The molecule has 1 heterocycles. The van der Waals surface area contributed by atoms with E-state index in [1.807, 2.05) is 66.7 Å². The summed E-state index contributed by atoms with van der Waals surface area (Å²) in [5, 5.41) is 9.47. The fourth-order valence-electron chi connectivity index (χ4n) is 3.89. The number of unbranched alkanes of at least 4 members (excludes halogenated alkanes) is 1. The molecule has 0 saturated heterocycles. The Kier molecular flexibility index (Phi) is 6.79. The number of hydrogen-bond acceptors (Lipinski definition) is 3. The SMILES string of the molecule is CCCCC1=NC(=Cc2ccccc2)C(=O)N1Cc1ccc(-c2ccccc2C(=O)O)cc1. The van der Waals surface area contributed by atoms with Gasteiger partial charge in [-0.25, -0.2) is 9.79 Å². The summed E-state index contributed by atoms with van der Waals surface area (Å²) < 4.78 is 0. The van der Waals surface area contributed by atoms with E-state index < -0.39 is 5.97 Å². The largest absolute Gasteiger partial charge is 0.478 e. The summed E-state index contributed by atoms with van der Waals surface area (Å²) in [4.78, 5) is 31.1. The van der Waals surface area contributed by atoms with E-state index in [2.05, 4.69) is 11.9 Å². The van der Waals surface area contributed by atoms with Crippen LogP contribution in [0.5, 0.6) is 0 Å². The molecule has 1 aliphatic rings. The summed E-state index contributed by atoms with van der Waals surface area (Å²) in [6.07, 6.45) is 4.57. The lowest BCUT2D eigenvalue weighted by molar-refractivity contribution is -0.123. The van der Waals surface area contributed by atoms with Crippen LogP contribution in [-0.4, -0.2) is 27.7 Å². The van der Waals surface area contributed by atoms with Crippen molar-refractivity contribution in [2.45, 2.75) is 32.7 Å². The van der Waals surface area contributed by atoms with Gasteiger partial charge in [-0.3, -0.25) is 9.69 Å². The summed E-state index contributed by atoms with van der Waals surface area (Å²) in [5.41, 5.74) is 4.14. The molecule has 0 radical (unpaired) electrons.